The number of carbonyl (C=O) groups excluding carboxylic acids is 3. The first-order valence-corrected chi connectivity index (χ1v) is 11.2. The maximum absolute atomic E-state index is 12.8. The summed E-state index contributed by atoms with van der Waals surface area (Å²) < 4.78 is 37.2. The molecule has 2 heterocycles. The van der Waals surface area contributed by atoms with Crippen LogP contribution < -0.4 is 16.0 Å². The number of urea groups is 1. The van der Waals surface area contributed by atoms with E-state index in [2.05, 4.69) is 16.0 Å². The number of halogens is 3. The molecule has 2 aliphatic heterocycles. The molecule has 12 heteroatoms. The maximum Gasteiger partial charge on any atom is 0.446 e. The molecule has 34 heavy (non-hydrogen) atoms. The maximum atomic E-state index is 12.8. The second kappa shape index (κ2) is 9.55. The number of aliphatic hydroxyl groups excluding tert-OH is 1. The Kier molecular flexibility index (Phi) is 6.71. The van der Waals surface area contributed by atoms with Gasteiger partial charge in [-0.05, 0) is 59.6 Å². The van der Waals surface area contributed by atoms with Gasteiger partial charge in [-0.1, -0.05) is 12.1 Å². The number of aliphatic hydroxyl groups is 1. The van der Waals surface area contributed by atoms with Crippen LogP contribution in [-0.2, 0) is 17.9 Å². The van der Waals surface area contributed by atoms with E-state index in [4.69, 9.17) is 0 Å². The van der Waals surface area contributed by atoms with E-state index < -0.39 is 23.8 Å². The molecule has 0 saturated carbocycles. The van der Waals surface area contributed by atoms with Crippen LogP contribution in [0, 0.1) is 0 Å². The summed E-state index contributed by atoms with van der Waals surface area (Å²) in [4.78, 5) is 37.9. The highest BCUT2D eigenvalue weighted by atomic mass is 32.2. The topological polar surface area (TPSA) is 111 Å². The highest BCUT2D eigenvalue weighted by Crippen LogP contribution is 2.37. The van der Waals surface area contributed by atoms with Crippen LogP contribution in [0.1, 0.15) is 34.3 Å². The Hall–Kier alpha value is -3.25. The van der Waals surface area contributed by atoms with Crippen molar-refractivity contribution in [2.45, 2.75) is 48.6 Å². The molecule has 0 aromatic heterocycles. The summed E-state index contributed by atoms with van der Waals surface area (Å²) in [5.74, 6) is -0.477. The van der Waals surface area contributed by atoms with E-state index >= 15 is 0 Å². The van der Waals surface area contributed by atoms with Gasteiger partial charge in [0.05, 0.1) is 6.04 Å². The zero-order valence-corrected chi connectivity index (χ0v) is 18.5. The number of amides is 4. The average molecular weight is 494 g/mol. The van der Waals surface area contributed by atoms with E-state index in [1.807, 2.05) is 0 Å². The molecule has 2 aromatic carbocycles. The first kappa shape index (κ1) is 23.9. The van der Waals surface area contributed by atoms with Crippen LogP contribution in [0.2, 0.25) is 0 Å². The molecule has 8 nitrogen and oxygen atoms in total. The summed E-state index contributed by atoms with van der Waals surface area (Å²) in [5.41, 5.74) is -2.02. The number of rotatable bonds is 5. The number of piperidine rings is 1. The standard InChI is InChI=1S/C22H21F3N4O4S/c23-22(24,25)34-15-4-2-14(3-5-15)27-21(33)26-10-12-1-6-16-13(9-12)11-29(20(16)32)17-7-8-18(30)28-19(17)31/h1-6,9,17,19,31H,7-8,10-11H2,(H,28,30)(H2,26,27,33). The van der Waals surface area contributed by atoms with Gasteiger partial charge in [-0.15, -0.1) is 0 Å². The molecule has 180 valence electrons. The van der Waals surface area contributed by atoms with E-state index in [1.54, 1.807) is 23.1 Å². The van der Waals surface area contributed by atoms with Gasteiger partial charge < -0.3 is 26.0 Å². The fourth-order valence-electron chi connectivity index (χ4n) is 3.97. The second-order valence-electron chi connectivity index (χ2n) is 7.92. The number of thioether (sulfide) groups is 1. The van der Waals surface area contributed by atoms with Crippen LogP contribution in [0.25, 0.3) is 0 Å². The van der Waals surface area contributed by atoms with Crippen molar-refractivity contribution < 1.29 is 32.7 Å². The summed E-state index contributed by atoms with van der Waals surface area (Å²) in [6.45, 7) is 0.450. The molecule has 0 aliphatic carbocycles. The Bertz CT molecular complexity index is 1110. The molecule has 1 saturated heterocycles. The van der Waals surface area contributed by atoms with Crippen LogP contribution in [0.15, 0.2) is 47.4 Å². The summed E-state index contributed by atoms with van der Waals surface area (Å²) in [6.07, 6.45) is -0.516. The largest absolute Gasteiger partial charge is 0.446 e. The predicted octanol–water partition coefficient (Wildman–Crippen LogP) is 3.17. The van der Waals surface area contributed by atoms with Crippen molar-refractivity contribution >= 4 is 35.3 Å². The number of nitrogens with one attached hydrogen (secondary N) is 3. The van der Waals surface area contributed by atoms with Crippen LogP contribution in [0.5, 0.6) is 0 Å². The van der Waals surface area contributed by atoms with Crippen molar-refractivity contribution in [3.8, 4) is 0 Å². The number of hydrogen-bond acceptors (Lipinski definition) is 5. The fraction of sp³-hybridized carbons (Fsp3) is 0.318. The molecule has 2 aromatic rings. The fourth-order valence-corrected chi connectivity index (χ4v) is 4.51. The highest BCUT2D eigenvalue weighted by molar-refractivity contribution is 8.00. The van der Waals surface area contributed by atoms with Crippen molar-refractivity contribution in [1.82, 2.24) is 15.5 Å². The Morgan fingerprint density at radius 1 is 1.18 bits per heavy atom. The van der Waals surface area contributed by atoms with Crippen LogP contribution in [0.4, 0.5) is 23.7 Å². The van der Waals surface area contributed by atoms with Gasteiger partial charge in [0.15, 0.2) is 0 Å². The van der Waals surface area contributed by atoms with E-state index in [0.717, 1.165) is 11.1 Å². The molecule has 4 amide bonds. The molecule has 4 N–H and O–H groups in total. The first-order valence-electron chi connectivity index (χ1n) is 10.4. The third-order valence-electron chi connectivity index (χ3n) is 5.54. The van der Waals surface area contributed by atoms with Gasteiger partial charge in [0.2, 0.25) is 5.91 Å². The number of hydrogen-bond donors (Lipinski definition) is 4. The quantitative estimate of drug-likeness (QED) is 0.478. The molecule has 0 spiro atoms. The Morgan fingerprint density at radius 2 is 1.91 bits per heavy atom. The third-order valence-corrected chi connectivity index (χ3v) is 6.28. The van der Waals surface area contributed by atoms with E-state index in [9.17, 15) is 32.7 Å². The molecule has 1 fully saturated rings. The number of anilines is 1. The molecule has 2 unspecified atom stereocenters. The van der Waals surface area contributed by atoms with Crippen LogP contribution in [-0.4, -0.2) is 45.6 Å². The van der Waals surface area contributed by atoms with Crippen molar-refractivity contribution in [2.75, 3.05) is 5.32 Å². The summed E-state index contributed by atoms with van der Waals surface area (Å²) >= 11 is -0.233. The molecule has 4 rings (SSSR count). The second-order valence-corrected chi connectivity index (χ2v) is 9.06. The van der Waals surface area contributed by atoms with E-state index in [0.29, 0.717) is 17.7 Å². The normalized spacial score (nSPS) is 20.1. The minimum atomic E-state index is -4.38. The van der Waals surface area contributed by atoms with Gasteiger partial charge >= 0.3 is 11.5 Å². The minimum absolute atomic E-state index is 0.0170. The number of fused-ring (bicyclic) bond motifs is 1. The van der Waals surface area contributed by atoms with Crippen LogP contribution in [0.3, 0.4) is 0 Å². The third kappa shape index (κ3) is 5.62. The smallest absolute Gasteiger partial charge is 0.372 e. The Labute approximate surface area is 196 Å². The number of carbonyl (C=O) groups is 3. The molecule has 2 aliphatic rings. The lowest BCUT2D eigenvalue weighted by molar-refractivity contribution is -0.129. The summed E-state index contributed by atoms with van der Waals surface area (Å²) in [7, 11) is 0. The van der Waals surface area contributed by atoms with Gasteiger partial charge in [0.25, 0.3) is 5.91 Å². The van der Waals surface area contributed by atoms with Gasteiger partial charge in [-0.2, -0.15) is 13.2 Å². The number of nitrogens with zero attached hydrogens (tertiary/aromatic N) is 1. The zero-order valence-electron chi connectivity index (χ0n) is 17.7. The molecular weight excluding hydrogens is 473 g/mol. The van der Waals surface area contributed by atoms with Gasteiger partial charge in [-0.3, -0.25) is 9.59 Å². The number of benzene rings is 2. The van der Waals surface area contributed by atoms with Gasteiger partial charge in [-0.25, -0.2) is 4.79 Å². The van der Waals surface area contributed by atoms with Crippen molar-refractivity contribution in [3.63, 3.8) is 0 Å². The first-order chi connectivity index (χ1) is 16.1. The molecule has 2 atom stereocenters. The lowest BCUT2D eigenvalue weighted by Crippen LogP contribution is -2.55. The van der Waals surface area contributed by atoms with Crippen molar-refractivity contribution in [2.24, 2.45) is 0 Å². The average Bonchev–Trinajstić information content (AvgIpc) is 3.08. The SMILES string of the molecule is O=C1CCC(N2Cc3cc(CNC(=O)Nc4ccc(SC(F)(F)F)cc4)ccc3C2=O)C(O)N1. The minimum Gasteiger partial charge on any atom is -0.372 e. The van der Waals surface area contributed by atoms with Crippen LogP contribution >= 0.6 is 11.8 Å². The van der Waals surface area contributed by atoms with Gasteiger partial charge in [0, 0.05) is 35.7 Å². The van der Waals surface area contributed by atoms with E-state index in [1.165, 1.54) is 24.3 Å². The predicted molar refractivity (Wildman–Crippen MR) is 118 cm³/mol. The lowest BCUT2D eigenvalue weighted by atomic mass is 10.0. The van der Waals surface area contributed by atoms with Crippen molar-refractivity contribution in [1.29, 1.82) is 0 Å². The van der Waals surface area contributed by atoms with Crippen molar-refractivity contribution in [3.05, 3.63) is 59.2 Å². The Morgan fingerprint density at radius 3 is 2.59 bits per heavy atom. The summed E-state index contributed by atoms with van der Waals surface area (Å²) in [6, 6.07) is 9.43. The van der Waals surface area contributed by atoms with Gasteiger partial charge in [0.1, 0.15) is 6.23 Å². The molecule has 0 radical (unpaired) electrons. The highest BCUT2D eigenvalue weighted by Gasteiger charge is 2.39. The van der Waals surface area contributed by atoms with E-state index in [-0.39, 0.29) is 48.0 Å². The number of alkyl halides is 3. The lowest BCUT2D eigenvalue weighted by Gasteiger charge is -2.35. The zero-order chi connectivity index (χ0) is 24.5. The Balaban J connectivity index is 1.32. The summed E-state index contributed by atoms with van der Waals surface area (Å²) in [5, 5.41) is 17.8. The molecular formula is C22H21F3N4O4S. The monoisotopic (exact) mass is 494 g/mol. The molecule has 0 bridgehead atoms.